The van der Waals surface area contributed by atoms with Crippen molar-refractivity contribution in [3.8, 4) is 11.5 Å². The predicted molar refractivity (Wildman–Crippen MR) is 121 cm³/mol. The third-order valence-corrected chi connectivity index (χ3v) is 4.92. The predicted octanol–water partition coefficient (Wildman–Crippen LogP) is 3.71. The Morgan fingerprint density at radius 3 is 2.74 bits per heavy atom. The first kappa shape index (κ1) is 22.7. The van der Waals surface area contributed by atoms with E-state index in [2.05, 4.69) is 20.6 Å². The van der Waals surface area contributed by atoms with Crippen molar-refractivity contribution in [1.29, 1.82) is 0 Å². The molecule has 0 bridgehead atoms. The van der Waals surface area contributed by atoms with E-state index in [1.807, 2.05) is 52.0 Å². The maximum Gasteiger partial charge on any atom is 0.410 e. The third kappa shape index (κ3) is 6.73. The second-order valence-corrected chi connectivity index (χ2v) is 8.85. The van der Waals surface area contributed by atoms with Crippen LogP contribution in [-0.4, -0.2) is 53.7 Å². The first-order valence-corrected chi connectivity index (χ1v) is 10.7. The summed E-state index contributed by atoms with van der Waals surface area (Å²) in [6, 6.07) is 8.17. The number of likely N-dealkylation sites (tertiary alicyclic amines) is 1. The molecule has 1 amide bonds. The van der Waals surface area contributed by atoms with Crippen molar-refractivity contribution in [2.75, 3.05) is 20.1 Å². The van der Waals surface area contributed by atoms with Crippen LogP contribution in [0.15, 0.2) is 39.9 Å². The lowest BCUT2D eigenvalue weighted by atomic mass is 10.1. The fourth-order valence-electron chi connectivity index (χ4n) is 3.37. The van der Waals surface area contributed by atoms with Crippen LogP contribution < -0.4 is 10.6 Å². The second-order valence-electron chi connectivity index (χ2n) is 8.85. The number of carbonyl (C=O) groups is 1. The Balaban J connectivity index is 1.51. The van der Waals surface area contributed by atoms with Crippen LogP contribution in [0, 0.1) is 6.92 Å². The van der Waals surface area contributed by atoms with Gasteiger partial charge in [0.1, 0.15) is 11.9 Å². The number of piperidine rings is 1. The summed E-state index contributed by atoms with van der Waals surface area (Å²) in [5, 5.41) is 6.67. The summed E-state index contributed by atoms with van der Waals surface area (Å²) < 4.78 is 11.1. The summed E-state index contributed by atoms with van der Waals surface area (Å²) in [5.74, 6) is 1.26. The highest BCUT2D eigenvalue weighted by Crippen LogP contribution is 2.19. The molecule has 1 aromatic heterocycles. The number of hydrogen-bond acceptors (Lipinski definition) is 5. The number of nitrogens with one attached hydrogen (secondary N) is 2. The molecule has 2 heterocycles. The molecule has 2 N–H and O–H groups in total. The van der Waals surface area contributed by atoms with Crippen LogP contribution in [0.4, 0.5) is 4.79 Å². The van der Waals surface area contributed by atoms with Crippen molar-refractivity contribution in [3.63, 3.8) is 0 Å². The highest BCUT2D eigenvalue weighted by molar-refractivity contribution is 5.80. The molecular formula is C23H33N5O3. The molecule has 0 radical (unpaired) electrons. The van der Waals surface area contributed by atoms with Gasteiger partial charge in [-0.1, -0.05) is 17.7 Å². The minimum absolute atomic E-state index is 0.105. The van der Waals surface area contributed by atoms with E-state index < -0.39 is 5.60 Å². The number of rotatable bonds is 4. The van der Waals surface area contributed by atoms with Crippen molar-refractivity contribution in [3.05, 3.63) is 41.8 Å². The zero-order valence-electron chi connectivity index (χ0n) is 19.1. The minimum atomic E-state index is -0.496. The van der Waals surface area contributed by atoms with E-state index in [4.69, 9.17) is 9.15 Å². The number of guanidine groups is 1. The maximum atomic E-state index is 12.4. The Kier molecular flexibility index (Phi) is 7.20. The van der Waals surface area contributed by atoms with Crippen LogP contribution in [0.5, 0.6) is 0 Å². The molecule has 2 aromatic rings. The first-order valence-electron chi connectivity index (χ1n) is 10.7. The first-order chi connectivity index (χ1) is 14.7. The molecular weight excluding hydrogens is 394 g/mol. The van der Waals surface area contributed by atoms with Crippen molar-refractivity contribution in [2.45, 2.75) is 58.7 Å². The van der Waals surface area contributed by atoms with Crippen LogP contribution in [0.3, 0.4) is 0 Å². The molecule has 31 heavy (non-hydrogen) atoms. The van der Waals surface area contributed by atoms with Crippen molar-refractivity contribution >= 4 is 12.1 Å². The number of ether oxygens (including phenoxy) is 1. The van der Waals surface area contributed by atoms with Crippen LogP contribution in [0.2, 0.25) is 0 Å². The number of benzene rings is 1. The molecule has 1 aromatic carbocycles. The number of aliphatic imine (C=N–C) groups is 1. The van der Waals surface area contributed by atoms with Gasteiger partial charge in [-0.3, -0.25) is 4.99 Å². The van der Waals surface area contributed by atoms with Crippen molar-refractivity contribution in [2.24, 2.45) is 4.99 Å². The van der Waals surface area contributed by atoms with Gasteiger partial charge < -0.3 is 24.7 Å². The zero-order chi connectivity index (χ0) is 22.4. The molecule has 1 fully saturated rings. The molecule has 1 atom stereocenters. The van der Waals surface area contributed by atoms with Gasteiger partial charge in [-0.2, -0.15) is 0 Å². The molecule has 0 spiro atoms. The minimum Gasteiger partial charge on any atom is -0.444 e. The van der Waals surface area contributed by atoms with Crippen LogP contribution >= 0.6 is 0 Å². The summed E-state index contributed by atoms with van der Waals surface area (Å²) in [6.07, 6.45) is 3.26. The SMILES string of the molecule is CN=C(NCc1coc(-c2ccc(C)cc2)n1)NC1CCCN(C(=O)OC(C)(C)C)C1. The van der Waals surface area contributed by atoms with E-state index in [0.29, 0.717) is 31.5 Å². The van der Waals surface area contributed by atoms with E-state index in [0.717, 1.165) is 24.1 Å². The topological polar surface area (TPSA) is 92.0 Å². The van der Waals surface area contributed by atoms with E-state index in [1.165, 1.54) is 5.56 Å². The molecule has 1 aliphatic heterocycles. The standard InChI is InChI=1S/C23H33N5O3/c1-16-8-10-17(11-9-16)20-26-19(15-30-20)13-25-21(24-5)27-18-7-6-12-28(14-18)22(29)31-23(2,3)4/h8-11,15,18H,6-7,12-14H2,1-5H3,(H2,24,25,27). The summed E-state index contributed by atoms with van der Waals surface area (Å²) >= 11 is 0. The van der Waals surface area contributed by atoms with Crippen LogP contribution in [-0.2, 0) is 11.3 Å². The van der Waals surface area contributed by atoms with E-state index >= 15 is 0 Å². The van der Waals surface area contributed by atoms with Crippen molar-refractivity contribution in [1.82, 2.24) is 20.5 Å². The molecule has 1 saturated heterocycles. The number of aryl methyl sites for hydroxylation is 1. The van der Waals surface area contributed by atoms with Gasteiger partial charge in [0, 0.05) is 31.7 Å². The second kappa shape index (κ2) is 9.85. The zero-order valence-corrected chi connectivity index (χ0v) is 19.1. The van der Waals surface area contributed by atoms with Gasteiger partial charge in [-0.25, -0.2) is 9.78 Å². The molecule has 1 aliphatic rings. The average Bonchev–Trinajstić information content (AvgIpc) is 3.19. The highest BCUT2D eigenvalue weighted by Gasteiger charge is 2.28. The fraction of sp³-hybridized carbons (Fsp3) is 0.522. The highest BCUT2D eigenvalue weighted by atomic mass is 16.6. The Morgan fingerprint density at radius 1 is 1.32 bits per heavy atom. The molecule has 8 heteroatoms. The van der Waals surface area contributed by atoms with Gasteiger partial charge in [-0.15, -0.1) is 0 Å². The molecule has 0 aliphatic carbocycles. The summed E-state index contributed by atoms with van der Waals surface area (Å²) in [7, 11) is 1.73. The fourth-order valence-corrected chi connectivity index (χ4v) is 3.37. The van der Waals surface area contributed by atoms with Gasteiger partial charge in [-0.05, 0) is 52.7 Å². The Bertz CT molecular complexity index is 899. The van der Waals surface area contributed by atoms with Gasteiger partial charge in [0.2, 0.25) is 5.89 Å². The number of carbonyl (C=O) groups excluding carboxylic acids is 1. The monoisotopic (exact) mass is 427 g/mol. The van der Waals surface area contributed by atoms with Crippen molar-refractivity contribution < 1.29 is 13.9 Å². The van der Waals surface area contributed by atoms with Crippen LogP contribution in [0.25, 0.3) is 11.5 Å². The lowest BCUT2D eigenvalue weighted by molar-refractivity contribution is 0.0193. The van der Waals surface area contributed by atoms with E-state index in [1.54, 1.807) is 18.2 Å². The number of aromatic nitrogens is 1. The normalized spacial score (nSPS) is 17.4. The lowest BCUT2D eigenvalue weighted by Crippen LogP contribution is -2.53. The number of hydrogen-bond donors (Lipinski definition) is 2. The maximum absolute atomic E-state index is 12.4. The smallest absolute Gasteiger partial charge is 0.410 e. The molecule has 8 nitrogen and oxygen atoms in total. The van der Waals surface area contributed by atoms with E-state index in [9.17, 15) is 4.79 Å². The molecule has 3 rings (SSSR count). The van der Waals surface area contributed by atoms with Gasteiger partial charge in [0.15, 0.2) is 5.96 Å². The molecule has 1 unspecified atom stereocenters. The van der Waals surface area contributed by atoms with E-state index in [-0.39, 0.29) is 12.1 Å². The Labute approximate surface area is 184 Å². The number of nitrogens with zero attached hydrogens (tertiary/aromatic N) is 3. The molecule has 0 saturated carbocycles. The van der Waals surface area contributed by atoms with Gasteiger partial charge >= 0.3 is 6.09 Å². The largest absolute Gasteiger partial charge is 0.444 e. The van der Waals surface area contributed by atoms with Crippen LogP contribution in [0.1, 0.15) is 44.9 Å². The molecule has 168 valence electrons. The summed E-state index contributed by atoms with van der Waals surface area (Å²) in [6.45, 7) is 9.46. The van der Waals surface area contributed by atoms with Gasteiger partial charge in [0.05, 0.1) is 12.2 Å². The number of amides is 1. The lowest BCUT2D eigenvalue weighted by Gasteiger charge is -2.35. The summed E-state index contributed by atoms with van der Waals surface area (Å²) in [5.41, 5.74) is 2.44. The van der Waals surface area contributed by atoms with Gasteiger partial charge in [0.25, 0.3) is 0 Å². The Morgan fingerprint density at radius 2 is 2.06 bits per heavy atom. The number of oxazole rings is 1. The average molecular weight is 428 g/mol. The quantitative estimate of drug-likeness (QED) is 0.571. The Hall–Kier alpha value is -3.03. The third-order valence-electron chi connectivity index (χ3n) is 4.92. The summed E-state index contributed by atoms with van der Waals surface area (Å²) in [4.78, 5) is 23.0.